The number of likely N-dealkylation sites (tertiary alicyclic amines) is 1. The van der Waals surface area contributed by atoms with E-state index in [2.05, 4.69) is 18.7 Å². The molecule has 2 heterocycles. The summed E-state index contributed by atoms with van der Waals surface area (Å²) in [4.78, 5) is 11.6. The van der Waals surface area contributed by atoms with Crippen molar-refractivity contribution >= 4 is 16.0 Å². The van der Waals surface area contributed by atoms with Crippen molar-refractivity contribution in [2.24, 2.45) is 5.92 Å². The SMILES string of the molecule is CC(C)CN1CCC2(C1)CN(Cc1ccccc1)S(=O)(=O)c1ccccc1O2.O=C(O)C(F)(F)F. The Morgan fingerprint density at radius 1 is 1.09 bits per heavy atom. The van der Waals surface area contributed by atoms with Crippen molar-refractivity contribution in [3.05, 3.63) is 60.2 Å². The minimum absolute atomic E-state index is 0.269. The molecule has 7 nitrogen and oxygen atoms in total. The highest BCUT2D eigenvalue weighted by Crippen LogP contribution is 2.39. The summed E-state index contributed by atoms with van der Waals surface area (Å²) in [5.74, 6) is -1.71. The lowest BCUT2D eigenvalue weighted by Crippen LogP contribution is -2.49. The van der Waals surface area contributed by atoms with Crippen LogP contribution in [0.3, 0.4) is 0 Å². The Labute approximate surface area is 203 Å². The van der Waals surface area contributed by atoms with Gasteiger partial charge in [-0.05, 0) is 23.6 Å². The molecule has 1 saturated heterocycles. The number of aliphatic carboxylic acids is 1. The molecule has 2 aromatic rings. The van der Waals surface area contributed by atoms with E-state index in [0.29, 0.717) is 24.8 Å². The lowest BCUT2D eigenvalue weighted by Gasteiger charge is -2.32. The molecule has 4 rings (SSSR count). The second-order valence-electron chi connectivity index (χ2n) is 9.17. The van der Waals surface area contributed by atoms with E-state index in [9.17, 15) is 21.6 Å². The van der Waals surface area contributed by atoms with Gasteiger partial charge in [0.25, 0.3) is 0 Å². The third-order valence-electron chi connectivity index (χ3n) is 5.72. The zero-order valence-corrected chi connectivity index (χ0v) is 20.3. The summed E-state index contributed by atoms with van der Waals surface area (Å²) < 4.78 is 66.7. The zero-order valence-electron chi connectivity index (χ0n) is 19.5. The number of hydrogen-bond acceptors (Lipinski definition) is 5. The molecule has 0 aliphatic carbocycles. The summed E-state index contributed by atoms with van der Waals surface area (Å²) in [6.07, 6.45) is -4.26. The van der Waals surface area contributed by atoms with E-state index < -0.39 is 27.8 Å². The molecule has 1 fully saturated rings. The van der Waals surface area contributed by atoms with Gasteiger partial charge in [0.15, 0.2) is 0 Å². The lowest BCUT2D eigenvalue weighted by atomic mass is 10.0. The van der Waals surface area contributed by atoms with E-state index in [0.717, 1.165) is 31.6 Å². The van der Waals surface area contributed by atoms with Crippen LogP contribution in [0, 0.1) is 5.92 Å². The summed E-state index contributed by atoms with van der Waals surface area (Å²) in [5.41, 5.74) is 0.473. The van der Waals surface area contributed by atoms with Crippen LogP contribution in [0.4, 0.5) is 13.2 Å². The van der Waals surface area contributed by atoms with Gasteiger partial charge in [0, 0.05) is 32.6 Å². The Morgan fingerprint density at radius 3 is 2.29 bits per heavy atom. The van der Waals surface area contributed by atoms with Crippen LogP contribution >= 0.6 is 0 Å². The second kappa shape index (κ2) is 10.5. The molecule has 0 aromatic heterocycles. The first-order chi connectivity index (χ1) is 16.3. The molecule has 2 aliphatic heterocycles. The number of rotatable bonds is 4. The maximum absolute atomic E-state index is 13.5. The molecule has 1 spiro atoms. The highest BCUT2D eigenvalue weighted by molar-refractivity contribution is 7.89. The van der Waals surface area contributed by atoms with Gasteiger partial charge < -0.3 is 9.84 Å². The number of carboxylic acids is 1. The van der Waals surface area contributed by atoms with Gasteiger partial charge in [-0.25, -0.2) is 13.2 Å². The normalized spacial score (nSPS) is 22.1. The first-order valence-corrected chi connectivity index (χ1v) is 12.6. The predicted octanol–water partition coefficient (Wildman–Crippen LogP) is 4.00. The molecule has 192 valence electrons. The summed E-state index contributed by atoms with van der Waals surface area (Å²) in [6.45, 7) is 7.82. The van der Waals surface area contributed by atoms with Gasteiger partial charge in [-0.3, -0.25) is 4.90 Å². The zero-order chi connectivity index (χ0) is 25.9. The first kappa shape index (κ1) is 27.0. The lowest BCUT2D eigenvalue weighted by molar-refractivity contribution is -0.192. The fourth-order valence-corrected chi connectivity index (χ4v) is 5.92. The number of benzene rings is 2. The summed E-state index contributed by atoms with van der Waals surface area (Å²) in [5, 5.41) is 7.12. The maximum atomic E-state index is 13.5. The molecule has 0 bridgehead atoms. The molecule has 11 heteroatoms. The van der Waals surface area contributed by atoms with E-state index in [4.69, 9.17) is 14.6 Å². The second-order valence-corrected chi connectivity index (χ2v) is 11.1. The van der Waals surface area contributed by atoms with Crippen molar-refractivity contribution in [1.82, 2.24) is 9.21 Å². The third-order valence-corrected chi connectivity index (χ3v) is 7.55. The fourth-order valence-electron chi connectivity index (χ4n) is 4.30. The Morgan fingerprint density at radius 2 is 1.69 bits per heavy atom. The van der Waals surface area contributed by atoms with Gasteiger partial charge in [-0.1, -0.05) is 56.3 Å². The van der Waals surface area contributed by atoms with Crippen LogP contribution in [0.25, 0.3) is 0 Å². The molecule has 1 atom stereocenters. The Balaban J connectivity index is 0.000000429. The summed E-state index contributed by atoms with van der Waals surface area (Å²) >= 11 is 0. The molecule has 1 N–H and O–H groups in total. The topological polar surface area (TPSA) is 87.2 Å². The standard InChI is InChI=1S/C22H28N2O3S.C2HF3O2/c1-18(2)14-23-13-12-22(16-23)17-24(15-19-8-4-3-5-9-19)28(25,26)21-11-7-6-10-20(21)27-22;3-2(4,5)1(6)7/h3-11,18H,12-17H2,1-2H3;(H,6,7). The third kappa shape index (κ3) is 6.74. The minimum atomic E-state index is -5.08. The largest absolute Gasteiger partial charge is 0.490 e. The van der Waals surface area contributed by atoms with Gasteiger partial charge in [0.1, 0.15) is 16.2 Å². The number of sulfonamides is 1. The highest BCUT2D eigenvalue weighted by Gasteiger charge is 2.47. The minimum Gasteiger partial charge on any atom is -0.483 e. The molecule has 0 radical (unpaired) electrons. The monoisotopic (exact) mass is 514 g/mol. The van der Waals surface area contributed by atoms with Crippen LogP contribution in [0.1, 0.15) is 25.8 Å². The fraction of sp³-hybridized carbons (Fsp3) is 0.458. The number of alkyl halides is 3. The molecule has 1 unspecified atom stereocenters. The number of carboxylic acid groups (broad SMARTS) is 1. The molecule has 0 amide bonds. The number of ether oxygens (including phenoxy) is 1. The number of hydrogen-bond donors (Lipinski definition) is 1. The van der Waals surface area contributed by atoms with E-state index in [-0.39, 0.29) is 4.90 Å². The molecular weight excluding hydrogens is 485 g/mol. The van der Waals surface area contributed by atoms with Gasteiger partial charge in [-0.15, -0.1) is 0 Å². The van der Waals surface area contributed by atoms with Crippen molar-refractivity contribution in [3.63, 3.8) is 0 Å². The van der Waals surface area contributed by atoms with Crippen LogP contribution in [-0.2, 0) is 21.4 Å². The van der Waals surface area contributed by atoms with Gasteiger partial charge in [0.2, 0.25) is 10.0 Å². The van der Waals surface area contributed by atoms with Crippen molar-refractivity contribution < 1.29 is 36.2 Å². The number of halogens is 3. The van der Waals surface area contributed by atoms with E-state index in [1.165, 1.54) is 0 Å². The number of carbonyl (C=O) groups is 1. The Hall–Kier alpha value is -2.63. The Bertz CT molecular complexity index is 1130. The van der Waals surface area contributed by atoms with Gasteiger partial charge >= 0.3 is 12.1 Å². The Kier molecular flexibility index (Phi) is 8.13. The molecule has 2 aromatic carbocycles. The van der Waals surface area contributed by atoms with Crippen molar-refractivity contribution in [2.75, 3.05) is 26.2 Å². The molecule has 35 heavy (non-hydrogen) atoms. The molecule has 2 aliphatic rings. The summed E-state index contributed by atoms with van der Waals surface area (Å²) in [6, 6.07) is 16.8. The smallest absolute Gasteiger partial charge is 0.483 e. The van der Waals surface area contributed by atoms with Crippen LogP contribution in [0.15, 0.2) is 59.5 Å². The van der Waals surface area contributed by atoms with E-state index in [1.54, 1.807) is 22.5 Å². The van der Waals surface area contributed by atoms with Crippen LogP contribution in [0.2, 0.25) is 0 Å². The van der Waals surface area contributed by atoms with Crippen LogP contribution < -0.4 is 4.74 Å². The van der Waals surface area contributed by atoms with Gasteiger partial charge in [0.05, 0.1) is 6.54 Å². The van der Waals surface area contributed by atoms with Crippen LogP contribution in [-0.4, -0.2) is 66.7 Å². The number of para-hydroxylation sites is 1. The molecule has 0 saturated carbocycles. The van der Waals surface area contributed by atoms with E-state index >= 15 is 0 Å². The van der Waals surface area contributed by atoms with Crippen molar-refractivity contribution in [3.8, 4) is 5.75 Å². The molecular formula is C24H29F3N2O5S. The van der Waals surface area contributed by atoms with E-state index in [1.807, 2.05) is 36.4 Å². The average molecular weight is 515 g/mol. The summed E-state index contributed by atoms with van der Waals surface area (Å²) in [7, 11) is -3.63. The van der Waals surface area contributed by atoms with Crippen molar-refractivity contribution in [2.45, 2.75) is 43.5 Å². The quantitative estimate of drug-likeness (QED) is 0.664. The number of nitrogens with zero attached hydrogens (tertiary/aromatic N) is 2. The first-order valence-electron chi connectivity index (χ1n) is 11.2. The van der Waals surface area contributed by atoms with Gasteiger partial charge in [-0.2, -0.15) is 17.5 Å². The van der Waals surface area contributed by atoms with Crippen LogP contribution in [0.5, 0.6) is 5.75 Å². The maximum Gasteiger partial charge on any atom is 0.490 e. The average Bonchev–Trinajstić information content (AvgIpc) is 3.11. The van der Waals surface area contributed by atoms with Crippen molar-refractivity contribution in [1.29, 1.82) is 0 Å². The highest BCUT2D eigenvalue weighted by atomic mass is 32.2. The predicted molar refractivity (Wildman–Crippen MR) is 123 cm³/mol. The number of fused-ring (bicyclic) bond motifs is 1.